The van der Waals surface area contributed by atoms with Crippen molar-refractivity contribution in [2.45, 2.75) is 24.2 Å². The number of halogens is 3. The molecule has 4 nitrogen and oxygen atoms in total. The van der Waals surface area contributed by atoms with Gasteiger partial charge in [-0.2, -0.15) is 0 Å². The van der Waals surface area contributed by atoms with Gasteiger partial charge in [-0.25, -0.2) is 17.5 Å². The van der Waals surface area contributed by atoms with Crippen LogP contribution in [0.2, 0.25) is 5.02 Å². The Morgan fingerprint density at radius 2 is 2.16 bits per heavy atom. The van der Waals surface area contributed by atoms with E-state index in [2.05, 4.69) is 20.7 Å². The van der Waals surface area contributed by atoms with Crippen LogP contribution < -0.4 is 10.5 Å². The Bertz CT molecular complexity index is 605. The number of anilines is 1. The number of nitrogen functional groups attached to an aromatic ring is 1. The summed E-state index contributed by atoms with van der Waals surface area (Å²) in [5.74, 6) is -0.654. The molecule has 1 fully saturated rings. The van der Waals surface area contributed by atoms with Crippen molar-refractivity contribution in [1.29, 1.82) is 0 Å². The van der Waals surface area contributed by atoms with Crippen LogP contribution in [-0.2, 0) is 10.0 Å². The van der Waals surface area contributed by atoms with E-state index in [4.69, 9.17) is 17.3 Å². The highest BCUT2D eigenvalue weighted by atomic mass is 79.9. The van der Waals surface area contributed by atoms with Gasteiger partial charge in [0.25, 0.3) is 0 Å². The Labute approximate surface area is 124 Å². The molecule has 0 heterocycles. The third-order valence-corrected chi connectivity index (χ3v) is 6.04. The first kappa shape index (κ1) is 15.0. The molecular weight excluding hydrogens is 359 g/mol. The number of sulfonamides is 1. The van der Waals surface area contributed by atoms with Crippen molar-refractivity contribution in [2.24, 2.45) is 5.92 Å². The smallest absolute Gasteiger partial charge is 0.243 e. The zero-order valence-corrected chi connectivity index (χ0v) is 13.1. The standard InChI is InChI=1S/C11H13BrClFN2O2S/c12-9-7(13)4-8(10(14)11(9)15)19(17,18)16-5-6-2-1-3-6/h4,6,16H,1-3,5,15H2. The Morgan fingerprint density at radius 1 is 1.53 bits per heavy atom. The summed E-state index contributed by atoms with van der Waals surface area (Å²) in [6.45, 7) is 0.315. The first-order valence-electron chi connectivity index (χ1n) is 5.75. The average Bonchev–Trinajstić information content (AvgIpc) is 2.28. The lowest BCUT2D eigenvalue weighted by Crippen LogP contribution is -2.32. The van der Waals surface area contributed by atoms with E-state index in [0.29, 0.717) is 12.5 Å². The van der Waals surface area contributed by atoms with Crippen LogP contribution >= 0.6 is 27.5 Å². The van der Waals surface area contributed by atoms with Crippen LogP contribution in [0.5, 0.6) is 0 Å². The molecule has 1 aliphatic carbocycles. The van der Waals surface area contributed by atoms with Crippen molar-refractivity contribution in [1.82, 2.24) is 4.72 Å². The highest BCUT2D eigenvalue weighted by molar-refractivity contribution is 9.10. The minimum atomic E-state index is -3.93. The fraction of sp³-hybridized carbons (Fsp3) is 0.455. The Kier molecular flexibility index (Phi) is 4.39. The summed E-state index contributed by atoms with van der Waals surface area (Å²) in [4.78, 5) is -0.516. The SMILES string of the molecule is Nc1c(F)c(S(=O)(=O)NCC2CCC2)cc(Cl)c1Br. The lowest BCUT2D eigenvalue weighted by Gasteiger charge is -2.25. The number of hydrogen-bond donors (Lipinski definition) is 2. The predicted molar refractivity (Wildman–Crippen MR) is 76.1 cm³/mol. The van der Waals surface area contributed by atoms with Crippen LogP contribution in [0.15, 0.2) is 15.4 Å². The van der Waals surface area contributed by atoms with Crippen molar-refractivity contribution in [3.63, 3.8) is 0 Å². The molecule has 8 heteroatoms. The summed E-state index contributed by atoms with van der Waals surface area (Å²) < 4.78 is 40.5. The molecule has 0 amide bonds. The van der Waals surface area contributed by atoms with Gasteiger partial charge in [-0.05, 0) is 40.8 Å². The van der Waals surface area contributed by atoms with Crippen molar-refractivity contribution in [3.05, 3.63) is 21.4 Å². The molecule has 19 heavy (non-hydrogen) atoms. The number of rotatable bonds is 4. The number of benzene rings is 1. The van der Waals surface area contributed by atoms with Crippen molar-refractivity contribution < 1.29 is 12.8 Å². The number of hydrogen-bond acceptors (Lipinski definition) is 3. The second-order valence-corrected chi connectivity index (χ2v) is 7.48. The summed E-state index contributed by atoms with van der Waals surface area (Å²) in [7, 11) is -3.93. The summed E-state index contributed by atoms with van der Waals surface area (Å²) in [5, 5.41) is 0.0583. The minimum absolute atomic E-state index is 0.0583. The van der Waals surface area contributed by atoms with Gasteiger partial charge in [0.15, 0.2) is 5.82 Å². The Balaban J connectivity index is 2.29. The summed E-state index contributed by atoms with van der Waals surface area (Å²) in [6.07, 6.45) is 3.10. The molecule has 106 valence electrons. The van der Waals surface area contributed by atoms with Gasteiger partial charge in [-0.1, -0.05) is 18.0 Å². The molecule has 0 unspecified atom stereocenters. The molecule has 2 rings (SSSR count). The van der Waals surface area contributed by atoms with Gasteiger partial charge in [0.05, 0.1) is 15.2 Å². The largest absolute Gasteiger partial charge is 0.395 e. The molecule has 1 saturated carbocycles. The summed E-state index contributed by atoms with van der Waals surface area (Å²) >= 11 is 8.81. The molecule has 1 aromatic carbocycles. The molecule has 0 atom stereocenters. The maximum absolute atomic E-state index is 13.9. The highest BCUT2D eigenvalue weighted by Crippen LogP contribution is 2.34. The second-order valence-electron chi connectivity index (χ2n) is 4.55. The van der Waals surface area contributed by atoms with Crippen LogP contribution in [0.25, 0.3) is 0 Å². The van der Waals surface area contributed by atoms with Gasteiger partial charge in [0.1, 0.15) is 4.90 Å². The van der Waals surface area contributed by atoms with E-state index in [1.165, 1.54) is 0 Å². The Morgan fingerprint density at radius 3 is 2.68 bits per heavy atom. The molecule has 0 spiro atoms. The van der Waals surface area contributed by atoms with Crippen LogP contribution in [0.1, 0.15) is 19.3 Å². The topological polar surface area (TPSA) is 72.2 Å². The molecule has 1 aromatic rings. The summed E-state index contributed by atoms with van der Waals surface area (Å²) in [6, 6.07) is 1.06. The molecule has 0 saturated heterocycles. The van der Waals surface area contributed by atoms with Crippen LogP contribution in [0, 0.1) is 11.7 Å². The van der Waals surface area contributed by atoms with E-state index in [0.717, 1.165) is 25.3 Å². The molecule has 0 aromatic heterocycles. The molecule has 0 aliphatic heterocycles. The average molecular weight is 372 g/mol. The normalized spacial score (nSPS) is 16.4. The van der Waals surface area contributed by atoms with Crippen LogP contribution in [-0.4, -0.2) is 15.0 Å². The van der Waals surface area contributed by atoms with Gasteiger partial charge in [-0.3, -0.25) is 0 Å². The van der Waals surface area contributed by atoms with Crippen molar-refractivity contribution in [3.8, 4) is 0 Å². The molecular formula is C11H13BrClFN2O2S. The summed E-state index contributed by atoms with van der Waals surface area (Å²) in [5.41, 5.74) is 5.17. The fourth-order valence-corrected chi connectivity index (χ4v) is 3.59. The lowest BCUT2D eigenvalue weighted by atomic mass is 9.86. The maximum Gasteiger partial charge on any atom is 0.243 e. The fourth-order valence-electron chi connectivity index (χ4n) is 1.80. The van der Waals surface area contributed by atoms with Gasteiger partial charge in [0.2, 0.25) is 10.0 Å². The first-order valence-corrected chi connectivity index (χ1v) is 8.41. The van der Waals surface area contributed by atoms with Crippen molar-refractivity contribution >= 4 is 43.2 Å². The Hall–Kier alpha value is -0.370. The number of nitrogens with one attached hydrogen (secondary N) is 1. The second kappa shape index (κ2) is 5.55. The molecule has 3 N–H and O–H groups in total. The van der Waals surface area contributed by atoms with E-state index in [1.54, 1.807) is 0 Å². The van der Waals surface area contributed by atoms with E-state index in [9.17, 15) is 12.8 Å². The highest BCUT2D eigenvalue weighted by Gasteiger charge is 2.26. The monoisotopic (exact) mass is 370 g/mol. The van der Waals surface area contributed by atoms with E-state index >= 15 is 0 Å². The van der Waals surface area contributed by atoms with E-state index in [1.807, 2.05) is 0 Å². The van der Waals surface area contributed by atoms with Gasteiger partial charge >= 0.3 is 0 Å². The quantitative estimate of drug-likeness (QED) is 0.631. The molecule has 1 aliphatic rings. The van der Waals surface area contributed by atoms with E-state index < -0.39 is 20.7 Å². The van der Waals surface area contributed by atoms with Crippen LogP contribution in [0.3, 0.4) is 0 Å². The zero-order chi connectivity index (χ0) is 14.2. The first-order chi connectivity index (χ1) is 8.83. The third kappa shape index (κ3) is 3.04. The predicted octanol–water partition coefficient (Wildman–Crippen LogP) is 2.90. The maximum atomic E-state index is 13.9. The lowest BCUT2D eigenvalue weighted by molar-refractivity contribution is 0.316. The van der Waals surface area contributed by atoms with Crippen LogP contribution in [0.4, 0.5) is 10.1 Å². The van der Waals surface area contributed by atoms with Gasteiger partial charge in [-0.15, -0.1) is 0 Å². The van der Waals surface area contributed by atoms with Gasteiger partial charge < -0.3 is 5.73 Å². The minimum Gasteiger partial charge on any atom is -0.395 e. The zero-order valence-electron chi connectivity index (χ0n) is 9.92. The van der Waals surface area contributed by atoms with E-state index in [-0.39, 0.29) is 15.2 Å². The molecule has 0 radical (unpaired) electrons. The third-order valence-electron chi connectivity index (χ3n) is 3.23. The molecule has 0 bridgehead atoms. The van der Waals surface area contributed by atoms with Crippen molar-refractivity contribution in [2.75, 3.05) is 12.3 Å². The number of nitrogens with two attached hydrogens (primary N) is 1. The van der Waals surface area contributed by atoms with Gasteiger partial charge in [0, 0.05) is 6.54 Å².